The number of nitrogens with one attached hydrogen (secondary N) is 1. The zero-order valence-corrected chi connectivity index (χ0v) is 20.9. The number of hydrogen-bond acceptors (Lipinski definition) is 5. The van der Waals surface area contributed by atoms with Gasteiger partial charge in [-0.3, -0.25) is 14.4 Å². The first-order valence-electron chi connectivity index (χ1n) is 12.0. The van der Waals surface area contributed by atoms with E-state index in [4.69, 9.17) is 0 Å². The van der Waals surface area contributed by atoms with Crippen molar-refractivity contribution in [3.8, 4) is 0 Å². The van der Waals surface area contributed by atoms with Gasteiger partial charge in [-0.25, -0.2) is 12.7 Å². The number of carbonyl (C=O) groups excluding carboxylic acids is 3. The third-order valence-corrected chi connectivity index (χ3v) is 8.59. The highest BCUT2D eigenvalue weighted by Crippen LogP contribution is 2.30. The van der Waals surface area contributed by atoms with Crippen molar-refractivity contribution in [1.29, 1.82) is 0 Å². The Bertz CT molecular complexity index is 1240. The molecule has 9 heteroatoms. The predicted octanol–water partition coefficient (Wildman–Crippen LogP) is 3.01. The SMILES string of the molecule is Cc1cccc(CN(C(=O)CCN2C(=O)c3ccccc3S2(=O)=O)[C@@H](C)C(=O)NC2CCCC2)c1. The molecule has 4 rings (SSSR count). The molecule has 0 radical (unpaired) electrons. The van der Waals surface area contributed by atoms with Crippen LogP contribution in [0.3, 0.4) is 0 Å². The molecule has 0 unspecified atom stereocenters. The van der Waals surface area contributed by atoms with E-state index in [0.29, 0.717) is 0 Å². The summed E-state index contributed by atoms with van der Waals surface area (Å²) >= 11 is 0. The normalized spacial score (nSPS) is 17.8. The van der Waals surface area contributed by atoms with Crippen molar-refractivity contribution in [3.63, 3.8) is 0 Å². The van der Waals surface area contributed by atoms with Crippen molar-refractivity contribution in [2.75, 3.05) is 6.54 Å². The van der Waals surface area contributed by atoms with Crippen molar-refractivity contribution in [1.82, 2.24) is 14.5 Å². The Kier molecular flexibility index (Phi) is 7.25. The van der Waals surface area contributed by atoms with E-state index in [1.54, 1.807) is 19.1 Å². The molecular weight excluding hydrogens is 466 g/mol. The van der Waals surface area contributed by atoms with Crippen LogP contribution in [-0.4, -0.2) is 54.0 Å². The van der Waals surface area contributed by atoms with Gasteiger partial charge in [0.2, 0.25) is 11.8 Å². The molecule has 1 heterocycles. The van der Waals surface area contributed by atoms with Gasteiger partial charge in [-0.1, -0.05) is 54.8 Å². The van der Waals surface area contributed by atoms with Gasteiger partial charge >= 0.3 is 0 Å². The van der Waals surface area contributed by atoms with E-state index in [9.17, 15) is 22.8 Å². The fourth-order valence-corrected chi connectivity index (χ4v) is 6.34. The lowest BCUT2D eigenvalue weighted by Gasteiger charge is -2.30. The molecule has 8 nitrogen and oxygen atoms in total. The molecule has 2 aromatic rings. The van der Waals surface area contributed by atoms with E-state index in [2.05, 4.69) is 5.32 Å². The van der Waals surface area contributed by atoms with Gasteiger partial charge in [-0.2, -0.15) is 0 Å². The second-order valence-electron chi connectivity index (χ2n) is 9.31. The Balaban J connectivity index is 1.50. The summed E-state index contributed by atoms with van der Waals surface area (Å²) in [6, 6.07) is 13.1. The molecule has 0 spiro atoms. The maximum atomic E-state index is 13.4. The maximum Gasteiger partial charge on any atom is 0.269 e. The standard InChI is InChI=1S/C26H31N3O5S/c1-18-8-7-9-20(16-18)17-28(19(2)25(31)27-21-10-3-4-11-21)24(30)14-15-29-26(32)22-12-5-6-13-23(22)35(29,33)34/h5-9,12-13,16,19,21H,3-4,10-11,14-15,17H2,1-2H3,(H,27,31)/t19-/m0/s1. The van der Waals surface area contributed by atoms with Gasteiger partial charge in [0.05, 0.1) is 5.56 Å². The lowest BCUT2D eigenvalue weighted by Crippen LogP contribution is -2.50. The quantitative estimate of drug-likeness (QED) is 0.604. The molecule has 0 saturated heterocycles. The van der Waals surface area contributed by atoms with E-state index in [-0.39, 0.29) is 47.8 Å². The van der Waals surface area contributed by atoms with Crippen molar-refractivity contribution in [2.24, 2.45) is 0 Å². The Morgan fingerprint density at radius 1 is 1.11 bits per heavy atom. The number of benzene rings is 2. The summed E-state index contributed by atoms with van der Waals surface area (Å²) < 4.78 is 26.5. The van der Waals surface area contributed by atoms with Gasteiger partial charge in [0.15, 0.2) is 0 Å². The molecule has 1 N–H and O–H groups in total. The van der Waals surface area contributed by atoms with Crippen LogP contribution >= 0.6 is 0 Å². The Hall–Kier alpha value is -3.20. The minimum atomic E-state index is -4.00. The molecule has 2 aliphatic rings. The van der Waals surface area contributed by atoms with Crippen molar-refractivity contribution in [2.45, 2.75) is 69.5 Å². The van der Waals surface area contributed by atoms with Gasteiger partial charge < -0.3 is 10.2 Å². The van der Waals surface area contributed by atoms with Crippen molar-refractivity contribution >= 4 is 27.7 Å². The van der Waals surface area contributed by atoms with Crippen LogP contribution in [0.4, 0.5) is 0 Å². The van der Waals surface area contributed by atoms with Gasteiger partial charge in [0.25, 0.3) is 15.9 Å². The summed E-state index contributed by atoms with van der Waals surface area (Å²) in [5, 5.41) is 3.05. The molecule has 1 saturated carbocycles. The molecule has 1 aliphatic carbocycles. The topological polar surface area (TPSA) is 104 Å². The van der Waals surface area contributed by atoms with Crippen LogP contribution in [-0.2, 0) is 26.2 Å². The molecule has 1 aliphatic heterocycles. The highest BCUT2D eigenvalue weighted by molar-refractivity contribution is 7.90. The minimum Gasteiger partial charge on any atom is -0.352 e. The highest BCUT2D eigenvalue weighted by Gasteiger charge is 2.41. The number of hydrogen-bond donors (Lipinski definition) is 1. The van der Waals surface area contributed by atoms with E-state index < -0.39 is 22.0 Å². The lowest BCUT2D eigenvalue weighted by molar-refractivity contribution is -0.140. The zero-order valence-electron chi connectivity index (χ0n) is 20.1. The summed E-state index contributed by atoms with van der Waals surface area (Å²) in [7, 11) is -4.00. The van der Waals surface area contributed by atoms with Crippen LogP contribution in [0.25, 0.3) is 0 Å². The van der Waals surface area contributed by atoms with E-state index in [1.807, 2.05) is 31.2 Å². The van der Waals surface area contributed by atoms with Gasteiger partial charge in [-0.05, 0) is 44.4 Å². The first-order chi connectivity index (χ1) is 16.7. The van der Waals surface area contributed by atoms with Crippen LogP contribution in [0, 0.1) is 6.92 Å². The number of carbonyl (C=O) groups is 3. The average molecular weight is 498 g/mol. The average Bonchev–Trinajstić information content (AvgIpc) is 3.40. The molecule has 2 aromatic carbocycles. The van der Waals surface area contributed by atoms with Gasteiger partial charge in [-0.15, -0.1) is 0 Å². The summed E-state index contributed by atoms with van der Waals surface area (Å²) in [5.41, 5.74) is 2.02. The number of fused-ring (bicyclic) bond motifs is 1. The summed E-state index contributed by atoms with van der Waals surface area (Å²) in [6.07, 6.45) is 3.79. The van der Waals surface area contributed by atoms with Crippen molar-refractivity contribution in [3.05, 3.63) is 65.2 Å². The number of sulfonamides is 1. The molecule has 35 heavy (non-hydrogen) atoms. The van der Waals surface area contributed by atoms with Crippen LogP contribution < -0.4 is 5.32 Å². The monoisotopic (exact) mass is 497 g/mol. The van der Waals surface area contributed by atoms with E-state index in [0.717, 1.165) is 41.1 Å². The third kappa shape index (κ3) is 5.24. The first-order valence-corrected chi connectivity index (χ1v) is 13.4. The summed E-state index contributed by atoms with van der Waals surface area (Å²) in [6.45, 7) is 3.57. The van der Waals surface area contributed by atoms with Gasteiger partial charge in [0, 0.05) is 25.6 Å². The summed E-state index contributed by atoms with van der Waals surface area (Å²) in [5.74, 6) is -1.25. The number of nitrogens with zero attached hydrogens (tertiary/aromatic N) is 2. The predicted molar refractivity (Wildman–Crippen MR) is 131 cm³/mol. The van der Waals surface area contributed by atoms with Crippen LogP contribution in [0.5, 0.6) is 0 Å². The lowest BCUT2D eigenvalue weighted by atomic mass is 10.1. The summed E-state index contributed by atoms with van der Waals surface area (Å²) in [4.78, 5) is 40.5. The second kappa shape index (κ2) is 10.2. The Morgan fingerprint density at radius 3 is 2.51 bits per heavy atom. The van der Waals surface area contributed by atoms with Crippen LogP contribution in [0.2, 0.25) is 0 Å². The van der Waals surface area contributed by atoms with Crippen LogP contribution in [0.1, 0.15) is 60.5 Å². The molecule has 186 valence electrons. The third-order valence-electron chi connectivity index (χ3n) is 6.75. The number of aryl methyl sites for hydroxylation is 1. The molecule has 0 bridgehead atoms. The highest BCUT2D eigenvalue weighted by atomic mass is 32.2. The molecule has 3 amide bonds. The van der Waals surface area contributed by atoms with Crippen molar-refractivity contribution < 1.29 is 22.8 Å². The Morgan fingerprint density at radius 2 is 1.83 bits per heavy atom. The maximum absolute atomic E-state index is 13.4. The number of amides is 3. The van der Waals surface area contributed by atoms with Crippen LogP contribution in [0.15, 0.2) is 53.4 Å². The molecule has 0 aromatic heterocycles. The fourth-order valence-electron chi connectivity index (χ4n) is 4.77. The largest absolute Gasteiger partial charge is 0.352 e. The first kappa shape index (κ1) is 24.9. The Labute approximate surface area is 206 Å². The molecular formula is C26H31N3O5S. The van der Waals surface area contributed by atoms with E-state index >= 15 is 0 Å². The molecule has 1 fully saturated rings. The fraction of sp³-hybridized carbons (Fsp3) is 0.423. The number of rotatable bonds is 8. The minimum absolute atomic E-state index is 0.0432. The van der Waals surface area contributed by atoms with Gasteiger partial charge in [0.1, 0.15) is 10.9 Å². The second-order valence-corrected chi connectivity index (χ2v) is 11.1. The molecule has 1 atom stereocenters. The smallest absolute Gasteiger partial charge is 0.269 e. The van der Waals surface area contributed by atoms with E-state index in [1.165, 1.54) is 17.0 Å². The zero-order chi connectivity index (χ0) is 25.2.